The van der Waals surface area contributed by atoms with Gasteiger partial charge in [-0.2, -0.15) is 0 Å². The van der Waals surface area contributed by atoms with Crippen molar-refractivity contribution in [3.8, 4) is 22.7 Å². The number of benzene rings is 2. The summed E-state index contributed by atoms with van der Waals surface area (Å²) in [6.45, 7) is 4.90. The van der Waals surface area contributed by atoms with Crippen LogP contribution < -0.4 is 10.1 Å². The van der Waals surface area contributed by atoms with Crippen LogP contribution in [0.25, 0.3) is 16.9 Å². The van der Waals surface area contributed by atoms with Gasteiger partial charge >= 0.3 is 0 Å². The molecule has 0 saturated carbocycles. The van der Waals surface area contributed by atoms with Crippen molar-refractivity contribution in [3.63, 3.8) is 0 Å². The summed E-state index contributed by atoms with van der Waals surface area (Å²) in [7, 11) is 1.66. The fourth-order valence-corrected chi connectivity index (χ4v) is 3.59. The quantitative estimate of drug-likeness (QED) is 0.471. The minimum Gasteiger partial charge on any atom is -0.497 e. The Morgan fingerprint density at radius 2 is 1.79 bits per heavy atom. The van der Waals surface area contributed by atoms with Crippen LogP contribution in [0, 0.1) is 6.92 Å². The normalized spacial score (nSPS) is 10.7. The minimum absolute atomic E-state index is 0.0159. The van der Waals surface area contributed by atoms with E-state index in [9.17, 15) is 4.79 Å². The molecular formula is C25H30N2O2. The predicted molar refractivity (Wildman–Crippen MR) is 119 cm³/mol. The second kappa shape index (κ2) is 9.97. The van der Waals surface area contributed by atoms with Crippen LogP contribution in [0.5, 0.6) is 5.75 Å². The van der Waals surface area contributed by atoms with Gasteiger partial charge in [0.05, 0.1) is 18.4 Å². The Labute approximate surface area is 173 Å². The molecule has 2 aromatic carbocycles. The maximum absolute atomic E-state index is 12.9. The monoisotopic (exact) mass is 390 g/mol. The van der Waals surface area contributed by atoms with Gasteiger partial charge in [0.15, 0.2) is 0 Å². The average molecular weight is 391 g/mol. The Bertz CT molecular complexity index is 945. The highest BCUT2D eigenvalue weighted by atomic mass is 16.5. The van der Waals surface area contributed by atoms with Crippen LogP contribution in [-0.4, -0.2) is 24.1 Å². The van der Waals surface area contributed by atoms with E-state index in [1.54, 1.807) is 7.11 Å². The first kappa shape index (κ1) is 20.7. The van der Waals surface area contributed by atoms with E-state index in [2.05, 4.69) is 28.9 Å². The Morgan fingerprint density at radius 1 is 1.00 bits per heavy atom. The molecule has 0 aliphatic rings. The summed E-state index contributed by atoms with van der Waals surface area (Å²) in [6, 6.07) is 20.1. The summed E-state index contributed by atoms with van der Waals surface area (Å²) in [5.74, 6) is 0.778. The molecule has 0 aliphatic carbocycles. The number of hydrogen-bond donors (Lipinski definition) is 1. The second-order valence-corrected chi connectivity index (χ2v) is 7.25. The molecule has 1 aromatic heterocycles. The third-order valence-electron chi connectivity index (χ3n) is 5.19. The van der Waals surface area contributed by atoms with Crippen molar-refractivity contribution in [2.75, 3.05) is 13.7 Å². The van der Waals surface area contributed by atoms with E-state index < -0.39 is 0 Å². The molecule has 0 unspecified atom stereocenters. The molecular weight excluding hydrogens is 360 g/mol. The summed E-state index contributed by atoms with van der Waals surface area (Å²) in [5, 5.41) is 3.09. The highest BCUT2D eigenvalue weighted by Crippen LogP contribution is 2.31. The Kier molecular flexibility index (Phi) is 7.12. The summed E-state index contributed by atoms with van der Waals surface area (Å²) in [6.07, 6.45) is 4.56. The number of hydrogen-bond acceptors (Lipinski definition) is 2. The molecule has 0 aliphatic heterocycles. The van der Waals surface area contributed by atoms with Gasteiger partial charge < -0.3 is 14.6 Å². The maximum atomic E-state index is 12.9. The summed E-state index contributed by atoms with van der Waals surface area (Å²) >= 11 is 0. The van der Waals surface area contributed by atoms with Gasteiger partial charge in [-0.05, 0) is 43.7 Å². The molecule has 0 saturated heterocycles. The van der Waals surface area contributed by atoms with E-state index in [-0.39, 0.29) is 5.91 Å². The van der Waals surface area contributed by atoms with Gasteiger partial charge in [-0.15, -0.1) is 0 Å². The molecule has 4 nitrogen and oxygen atoms in total. The zero-order chi connectivity index (χ0) is 20.6. The van der Waals surface area contributed by atoms with Crippen LogP contribution >= 0.6 is 0 Å². The Morgan fingerprint density at radius 3 is 2.52 bits per heavy atom. The zero-order valence-corrected chi connectivity index (χ0v) is 17.6. The van der Waals surface area contributed by atoms with Crippen molar-refractivity contribution in [1.82, 2.24) is 9.88 Å². The van der Waals surface area contributed by atoms with Crippen molar-refractivity contribution in [3.05, 3.63) is 71.9 Å². The number of nitrogens with one attached hydrogen (secondary N) is 1. The molecule has 0 bridgehead atoms. The van der Waals surface area contributed by atoms with E-state index >= 15 is 0 Å². The summed E-state index contributed by atoms with van der Waals surface area (Å²) in [5.41, 5.74) is 4.66. The number of carbonyl (C=O) groups is 1. The van der Waals surface area contributed by atoms with Gasteiger partial charge in [0.1, 0.15) is 5.75 Å². The number of rotatable bonds is 9. The first-order valence-electron chi connectivity index (χ1n) is 10.4. The van der Waals surface area contributed by atoms with Crippen molar-refractivity contribution in [2.24, 2.45) is 0 Å². The van der Waals surface area contributed by atoms with E-state index in [0.717, 1.165) is 41.2 Å². The molecule has 3 rings (SSSR count). The highest BCUT2D eigenvalue weighted by molar-refractivity contribution is 5.97. The standard InChI is InChI=1S/C25H30N2O2/c1-4-5-6-10-16-26-25(28)23-18-24(20-12-11-15-22(17-20)29-3)27(19(23)2)21-13-8-7-9-14-21/h7-9,11-15,17-18H,4-6,10,16H2,1-3H3,(H,26,28). The van der Waals surface area contributed by atoms with Crippen LogP contribution in [0.1, 0.15) is 48.7 Å². The molecule has 0 radical (unpaired) electrons. The molecule has 0 spiro atoms. The number of unbranched alkanes of at least 4 members (excludes halogenated alkanes) is 3. The van der Waals surface area contributed by atoms with Crippen LogP contribution in [0.2, 0.25) is 0 Å². The number of methoxy groups -OCH3 is 1. The molecule has 0 atom stereocenters. The van der Waals surface area contributed by atoms with E-state index in [4.69, 9.17) is 4.74 Å². The van der Waals surface area contributed by atoms with Gasteiger partial charge in [-0.25, -0.2) is 0 Å². The lowest BCUT2D eigenvalue weighted by Gasteiger charge is -2.13. The number of nitrogens with zero attached hydrogens (tertiary/aromatic N) is 1. The van der Waals surface area contributed by atoms with Gasteiger partial charge in [0.25, 0.3) is 5.91 Å². The van der Waals surface area contributed by atoms with Crippen LogP contribution in [0.4, 0.5) is 0 Å². The number of carbonyl (C=O) groups excluding carboxylic acids is 1. The summed E-state index contributed by atoms with van der Waals surface area (Å²) in [4.78, 5) is 12.9. The Hall–Kier alpha value is -3.01. The number of para-hydroxylation sites is 1. The SMILES string of the molecule is CCCCCCNC(=O)c1cc(-c2cccc(OC)c2)n(-c2ccccc2)c1C. The summed E-state index contributed by atoms with van der Waals surface area (Å²) < 4.78 is 7.54. The van der Waals surface area contributed by atoms with E-state index in [1.165, 1.54) is 12.8 Å². The second-order valence-electron chi connectivity index (χ2n) is 7.25. The lowest BCUT2D eigenvalue weighted by atomic mass is 10.1. The van der Waals surface area contributed by atoms with Gasteiger partial charge in [-0.3, -0.25) is 4.79 Å². The van der Waals surface area contributed by atoms with E-state index in [1.807, 2.05) is 55.5 Å². The third-order valence-corrected chi connectivity index (χ3v) is 5.19. The fourth-order valence-electron chi connectivity index (χ4n) is 3.59. The average Bonchev–Trinajstić information content (AvgIpc) is 3.11. The first-order chi connectivity index (χ1) is 14.2. The molecule has 3 aromatic rings. The number of amides is 1. The van der Waals surface area contributed by atoms with Crippen molar-refractivity contribution in [2.45, 2.75) is 39.5 Å². The largest absolute Gasteiger partial charge is 0.497 e. The Balaban J connectivity index is 1.96. The third kappa shape index (κ3) is 4.89. The fraction of sp³-hybridized carbons (Fsp3) is 0.320. The van der Waals surface area contributed by atoms with Gasteiger partial charge in [0.2, 0.25) is 0 Å². The van der Waals surface area contributed by atoms with Crippen molar-refractivity contribution >= 4 is 5.91 Å². The minimum atomic E-state index is -0.0159. The van der Waals surface area contributed by atoms with Crippen LogP contribution in [0.15, 0.2) is 60.7 Å². The molecule has 4 heteroatoms. The van der Waals surface area contributed by atoms with E-state index in [0.29, 0.717) is 12.1 Å². The van der Waals surface area contributed by atoms with Crippen molar-refractivity contribution < 1.29 is 9.53 Å². The number of ether oxygens (including phenoxy) is 1. The zero-order valence-electron chi connectivity index (χ0n) is 17.6. The lowest BCUT2D eigenvalue weighted by molar-refractivity contribution is 0.0952. The predicted octanol–water partition coefficient (Wildman–Crippen LogP) is 5.77. The number of aromatic nitrogens is 1. The maximum Gasteiger partial charge on any atom is 0.253 e. The molecule has 1 amide bonds. The molecule has 1 heterocycles. The van der Waals surface area contributed by atoms with Gasteiger partial charge in [-0.1, -0.05) is 56.5 Å². The van der Waals surface area contributed by atoms with Gasteiger partial charge in [0, 0.05) is 23.5 Å². The van der Waals surface area contributed by atoms with Crippen LogP contribution in [0.3, 0.4) is 0 Å². The highest BCUT2D eigenvalue weighted by Gasteiger charge is 2.19. The molecule has 152 valence electrons. The lowest BCUT2D eigenvalue weighted by Crippen LogP contribution is -2.24. The first-order valence-corrected chi connectivity index (χ1v) is 10.4. The molecule has 0 fully saturated rings. The smallest absolute Gasteiger partial charge is 0.253 e. The van der Waals surface area contributed by atoms with Crippen LogP contribution in [-0.2, 0) is 0 Å². The topological polar surface area (TPSA) is 43.3 Å². The molecule has 29 heavy (non-hydrogen) atoms. The molecule has 1 N–H and O–H groups in total. The van der Waals surface area contributed by atoms with Crippen molar-refractivity contribution in [1.29, 1.82) is 0 Å².